The average Bonchev–Trinajstić information content (AvgIpc) is 2.34. The lowest BCUT2D eigenvalue weighted by atomic mass is 10.1. The Bertz CT molecular complexity index is 401. The van der Waals surface area contributed by atoms with E-state index >= 15 is 0 Å². The van der Waals surface area contributed by atoms with Crippen molar-refractivity contribution in [2.24, 2.45) is 5.92 Å². The molecule has 1 aromatic carbocycles. The molecule has 1 unspecified atom stereocenters. The summed E-state index contributed by atoms with van der Waals surface area (Å²) < 4.78 is 0.814. The number of aliphatic hydroxyl groups is 1. The molecular weight excluding hydrogens is 280 g/mol. The fourth-order valence-corrected chi connectivity index (χ4v) is 2.00. The second-order valence-corrected chi connectivity index (χ2v) is 4.99. The van der Waals surface area contributed by atoms with Gasteiger partial charge in [-0.1, -0.05) is 13.0 Å². The Morgan fingerprint density at radius 3 is 2.94 bits per heavy atom. The van der Waals surface area contributed by atoms with Gasteiger partial charge in [-0.2, -0.15) is 5.26 Å². The Hall–Kier alpha value is -1.05. The molecule has 0 fully saturated rings. The van der Waals surface area contributed by atoms with Crippen molar-refractivity contribution in [1.29, 1.82) is 5.26 Å². The van der Waals surface area contributed by atoms with Crippen LogP contribution in [0.15, 0.2) is 22.7 Å². The zero-order valence-electron chi connectivity index (χ0n) is 9.91. The van der Waals surface area contributed by atoms with Crippen LogP contribution in [-0.2, 0) is 0 Å². The van der Waals surface area contributed by atoms with Gasteiger partial charge in [0.1, 0.15) is 6.07 Å². The Balaban J connectivity index is 2.47. The highest BCUT2D eigenvalue weighted by molar-refractivity contribution is 9.10. The predicted molar refractivity (Wildman–Crippen MR) is 72.8 cm³/mol. The molecule has 92 valence electrons. The van der Waals surface area contributed by atoms with Gasteiger partial charge in [0.05, 0.1) is 11.3 Å². The summed E-state index contributed by atoms with van der Waals surface area (Å²) in [4.78, 5) is 0. The van der Waals surface area contributed by atoms with E-state index in [2.05, 4.69) is 27.3 Å². The fraction of sp³-hybridized carbons (Fsp3) is 0.462. The number of halogens is 1. The first-order chi connectivity index (χ1) is 8.19. The lowest BCUT2D eigenvalue weighted by Gasteiger charge is -2.11. The minimum Gasteiger partial charge on any atom is -0.396 e. The summed E-state index contributed by atoms with van der Waals surface area (Å²) in [6.07, 6.45) is 1.97. The molecule has 2 N–H and O–H groups in total. The first-order valence-corrected chi connectivity index (χ1v) is 6.51. The highest BCUT2D eigenvalue weighted by Crippen LogP contribution is 2.23. The largest absolute Gasteiger partial charge is 0.396 e. The summed E-state index contributed by atoms with van der Waals surface area (Å²) >= 11 is 3.36. The van der Waals surface area contributed by atoms with Gasteiger partial charge in [0.2, 0.25) is 0 Å². The molecule has 0 aliphatic carbocycles. The van der Waals surface area contributed by atoms with E-state index in [1.165, 1.54) is 0 Å². The van der Waals surface area contributed by atoms with Crippen molar-refractivity contribution in [2.75, 3.05) is 18.5 Å². The molecule has 0 saturated heterocycles. The number of aliphatic hydroxyl groups excluding tert-OH is 1. The van der Waals surface area contributed by atoms with Crippen molar-refractivity contribution >= 4 is 21.6 Å². The van der Waals surface area contributed by atoms with Gasteiger partial charge in [0.15, 0.2) is 0 Å². The Morgan fingerprint density at radius 2 is 2.29 bits per heavy atom. The lowest BCUT2D eigenvalue weighted by molar-refractivity contribution is 0.229. The van der Waals surface area contributed by atoms with Crippen molar-refractivity contribution in [2.45, 2.75) is 19.8 Å². The molecule has 0 saturated carbocycles. The van der Waals surface area contributed by atoms with Crippen LogP contribution in [0.1, 0.15) is 25.3 Å². The zero-order chi connectivity index (χ0) is 12.7. The summed E-state index contributed by atoms with van der Waals surface area (Å²) in [7, 11) is 0. The minimum absolute atomic E-state index is 0.236. The molecule has 0 aliphatic rings. The van der Waals surface area contributed by atoms with Crippen LogP contribution in [0.3, 0.4) is 0 Å². The molecule has 0 aliphatic heterocycles. The topological polar surface area (TPSA) is 56.0 Å². The first kappa shape index (κ1) is 14.0. The van der Waals surface area contributed by atoms with Gasteiger partial charge in [-0.15, -0.1) is 0 Å². The van der Waals surface area contributed by atoms with Crippen molar-refractivity contribution in [3.05, 3.63) is 28.2 Å². The molecule has 0 radical (unpaired) electrons. The molecule has 4 heteroatoms. The van der Waals surface area contributed by atoms with Crippen LogP contribution in [0.5, 0.6) is 0 Å². The van der Waals surface area contributed by atoms with Gasteiger partial charge in [-0.05, 0) is 46.8 Å². The fourth-order valence-electron chi connectivity index (χ4n) is 1.55. The number of hydrogen-bond donors (Lipinski definition) is 2. The minimum atomic E-state index is 0.236. The van der Waals surface area contributed by atoms with Crippen LogP contribution in [-0.4, -0.2) is 18.3 Å². The molecule has 0 spiro atoms. The molecule has 0 amide bonds. The third-order valence-electron chi connectivity index (χ3n) is 2.63. The van der Waals surface area contributed by atoms with E-state index in [4.69, 9.17) is 10.4 Å². The number of hydrogen-bond acceptors (Lipinski definition) is 3. The van der Waals surface area contributed by atoms with Crippen LogP contribution in [0.4, 0.5) is 5.69 Å². The molecule has 1 rings (SSSR count). The average molecular weight is 297 g/mol. The van der Waals surface area contributed by atoms with Crippen molar-refractivity contribution in [1.82, 2.24) is 0 Å². The maximum absolute atomic E-state index is 9.03. The van der Waals surface area contributed by atoms with Crippen LogP contribution in [0.25, 0.3) is 0 Å². The van der Waals surface area contributed by atoms with Crippen LogP contribution >= 0.6 is 15.9 Å². The zero-order valence-corrected chi connectivity index (χ0v) is 11.5. The van der Waals surface area contributed by atoms with Crippen LogP contribution in [0.2, 0.25) is 0 Å². The van der Waals surface area contributed by atoms with Gasteiger partial charge in [0, 0.05) is 17.6 Å². The summed E-state index contributed by atoms with van der Waals surface area (Å²) in [6.45, 7) is 3.08. The van der Waals surface area contributed by atoms with Crippen molar-refractivity contribution < 1.29 is 5.11 Å². The Labute approximate surface area is 111 Å². The second kappa shape index (κ2) is 7.31. The third-order valence-corrected chi connectivity index (χ3v) is 3.29. The van der Waals surface area contributed by atoms with Gasteiger partial charge < -0.3 is 10.4 Å². The van der Waals surface area contributed by atoms with Gasteiger partial charge in [-0.25, -0.2) is 0 Å². The standard InChI is InChI=1S/C13H17BrN2O/c1-10(9-17)4-3-7-16-13-6-2-5-12(14)11(13)8-15/h2,5-6,10,16-17H,3-4,7,9H2,1H3. The first-order valence-electron chi connectivity index (χ1n) is 5.72. The van der Waals surface area contributed by atoms with E-state index in [-0.39, 0.29) is 6.61 Å². The number of nitrogens with zero attached hydrogens (tertiary/aromatic N) is 1. The molecule has 3 nitrogen and oxygen atoms in total. The number of anilines is 1. The summed E-state index contributed by atoms with van der Waals surface area (Å²) in [5, 5.41) is 21.2. The van der Waals surface area contributed by atoms with Crippen LogP contribution in [0, 0.1) is 17.2 Å². The smallest absolute Gasteiger partial charge is 0.103 e. The van der Waals surface area contributed by atoms with E-state index in [1.807, 2.05) is 25.1 Å². The normalized spacial score (nSPS) is 11.9. The number of nitrogens with one attached hydrogen (secondary N) is 1. The molecule has 1 aromatic rings. The van der Waals surface area contributed by atoms with Gasteiger partial charge in [-0.3, -0.25) is 0 Å². The highest BCUT2D eigenvalue weighted by atomic mass is 79.9. The second-order valence-electron chi connectivity index (χ2n) is 4.13. The van der Waals surface area contributed by atoms with Gasteiger partial charge in [0.25, 0.3) is 0 Å². The summed E-state index contributed by atoms with van der Waals surface area (Å²) in [6, 6.07) is 7.84. The van der Waals surface area contributed by atoms with Crippen LogP contribution < -0.4 is 5.32 Å². The van der Waals surface area contributed by atoms with E-state index in [1.54, 1.807) is 0 Å². The Morgan fingerprint density at radius 1 is 1.53 bits per heavy atom. The SMILES string of the molecule is CC(CO)CCCNc1cccc(Br)c1C#N. The quantitative estimate of drug-likeness (QED) is 0.793. The number of rotatable bonds is 6. The van der Waals surface area contributed by atoms with E-state index in [9.17, 15) is 0 Å². The number of nitriles is 1. The van der Waals surface area contributed by atoms with E-state index < -0.39 is 0 Å². The summed E-state index contributed by atoms with van der Waals surface area (Å²) in [5.41, 5.74) is 1.50. The molecule has 1 atom stereocenters. The molecule has 0 heterocycles. The highest BCUT2D eigenvalue weighted by Gasteiger charge is 2.05. The summed E-state index contributed by atoms with van der Waals surface area (Å²) in [5.74, 6) is 0.342. The lowest BCUT2D eigenvalue weighted by Crippen LogP contribution is -2.07. The van der Waals surface area contributed by atoms with E-state index in [0.29, 0.717) is 11.5 Å². The maximum Gasteiger partial charge on any atom is 0.103 e. The van der Waals surface area contributed by atoms with E-state index in [0.717, 1.165) is 29.5 Å². The predicted octanol–water partition coefficient (Wildman–Crippen LogP) is 3.14. The third kappa shape index (κ3) is 4.37. The van der Waals surface area contributed by atoms with Crippen molar-refractivity contribution in [3.8, 4) is 6.07 Å². The maximum atomic E-state index is 9.03. The van der Waals surface area contributed by atoms with Crippen molar-refractivity contribution in [3.63, 3.8) is 0 Å². The number of benzene rings is 1. The molecular formula is C13H17BrN2O. The monoisotopic (exact) mass is 296 g/mol. The van der Waals surface area contributed by atoms with Gasteiger partial charge >= 0.3 is 0 Å². The Kier molecular flexibility index (Phi) is 6.03. The molecule has 17 heavy (non-hydrogen) atoms. The molecule has 0 bridgehead atoms. The molecule has 0 aromatic heterocycles.